The van der Waals surface area contributed by atoms with E-state index in [1.807, 2.05) is 35.2 Å². The smallest absolute Gasteiger partial charge is 0.251 e. The number of amides is 2. The van der Waals surface area contributed by atoms with Crippen molar-refractivity contribution in [2.24, 2.45) is 17.3 Å². The highest BCUT2D eigenvalue weighted by Gasteiger charge is 2.61. The Morgan fingerprint density at radius 2 is 1.73 bits per heavy atom. The number of nitrogens with zero attached hydrogens (tertiary/aromatic N) is 1. The predicted octanol–water partition coefficient (Wildman–Crippen LogP) is 3.65. The van der Waals surface area contributed by atoms with Gasteiger partial charge in [0.05, 0.1) is 5.92 Å². The summed E-state index contributed by atoms with van der Waals surface area (Å²) in [4.78, 5) is 27.2. The van der Waals surface area contributed by atoms with Crippen LogP contribution in [-0.2, 0) is 4.79 Å². The topological polar surface area (TPSA) is 49.4 Å². The van der Waals surface area contributed by atoms with Gasteiger partial charge in [0.1, 0.15) is 0 Å². The largest absolute Gasteiger partial charge is 0.349 e. The average Bonchev–Trinajstić information content (AvgIpc) is 3.15. The highest BCUT2D eigenvalue weighted by atomic mass is 16.2. The predicted molar refractivity (Wildman–Crippen MR) is 104 cm³/mol. The van der Waals surface area contributed by atoms with Crippen molar-refractivity contribution in [3.63, 3.8) is 0 Å². The maximum Gasteiger partial charge on any atom is 0.251 e. The number of likely N-dealkylation sites (tertiary alicyclic amines) is 1. The van der Waals surface area contributed by atoms with Gasteiger partial charge in [0.2, 0.25) is 5.91 Å². The van der Waals surface area contributed by atoms with Gasteiger partial charge in [-0.2, -0.15) is 0 Å². The second kappa shape index (κ2) is 7.26. The van der Waals surface area contributed by atoms with Gasteiger partial charge in [-0.1, -0.05) is 43.7 Å². The van der Waals surface area contributed by atoms with Crippen molar-refractivity contribution >= 4 is 11.8 Å². The number of hydrogen-bond acceptors (Lipinski definition) is 2. The van der Waals surface area contributed by atoms with Crippen LogP contribution in [-0.4, -0.2) is 35.8 Å². The van der Waals surface area contributed by atoms with Crippen LogP contribution in [0.2, 0.25) is 0 Å². The van der Waals surface area contributed by atoms with Gasteiger partial charge in [-0.25, -0.2) is 0 Å². The first kappa shape index (κ1) is 18.7. The Morgan fingerprint density at radius 1 is 1.12 bits per heavy atom. The first-order valence-electron chi connectivity index (χ1n) is 9.60. The fraction of sp³-hybridized carbons (Fsp3) is 0.545. The number of rotatable bonds is 4. The van der Waals surface area contributed by atoms with E-state index in [1.165, 1.54) is 5.57 Å². The molecule has 2 fully saturated rings. The van der Waals surface area contributed by atoms with Crippen molar-refractivity contribution in [3.8, 4) is 0 Å². The minimum absolute atomic E-state index is 0.0256. The Hall–Kier alpha value is -2.10. The monoisotopic (exact) mass is 354 g/mol. The summed E-state index contributed by atoms with van der Waals surface area (Å²) in [6, 6.07) is 9.45. The van der Waals surface area contributed by atoms with E-state index in [1.54, 1.807) is 0 Å². The van der Waals surface area contributed by atoms with E-state index in [-0.39, 0.29) is 29.2 Å². The molecule has 1 saturated heterocycles. The van der Waals surface area contributed by atoms with E-state index in [9.17, 15) is 9.59 Å². The minimum Gasteiger partial charge on any atom is -0.349 e. The summed E-state index contributed by atoms with van der Waals surface area (Å²) in [7, 11) is 0. The van der Waals surface area contributed by atoms with Gasteiger partial charge >= 0.3 is 0 Å². The molecule has 1 aliphatic heterocycles. The molecule has 2 atom stereocenters. The van der Waals surface area contributed by atoms with Crippen LogP contribution in [0.3, 0.4) is 0 Å². The Labute approximate surface area is 156 Å². The molecular weight excluding hydrogens is 324 g/mol. The second-order valence-electron chi connectivity index (χ2n) is 8.51. The molecule has 0 unspecified atom stereocenters. The minimum atomic E-state index is -0.0256. The highest BCUT2D eigenvalue weighted by molar-refractivity contribution is 5.94. The third kappa shape index (κ3) is 3.84. The van der Waals surface area contributed by atoms with Crippen molar-refractivity contribution < 1.29 is 9.59 Å². The van der Waals surface area contributed by atoms with Gasteiger partial charge in [0.25, 0.3) is 5.91 Å². The van der Waals surface area contributed by atoms with E-state index >= 15 is 0 Å². The summed E-state index contributed by atoms with van der Waals surface area (Å²) < 4.78 is 0. The fourth-order valence-electron chi connectivity index (χ4n) is 4.12. The second-order valence-corrected chi connectivity index (χ2v) is 8.51. The van der Waals surface area contributed by atoms with E-state index in [0.717, 1.165) is 25.9 Å². The molecule has 1 saturated carbocycles. The number of benzene rings is 1. The Bertz CT molecular complexity index is 696. The Kier molecular flexibility index (Phi) is 5.22. The van der Waals surface area contributed by atoms with Gasteiger partial charge in [-0.15, -0.1) is 0 Å². The van der Waals surface area contributed by atoms with Crippen LogP contribution in [0.25, 0.3) is 0 Å². The first-order chi connectivity index (χ1) is 12.3. The van der Waals surface area contributed by atoms with Crippen LogP contribution in [0.4, 0.5) is 0 Å². The Morgan fingerprint density at radius 3 is 2.31 bits per heavy atom. The van der Waals surface area contributed by atoms with Crippen LogP contribution in [0.1, 0.15) is 50.9 Å². The van der Waals surface area contributed by atoms with Gasteiger partial charge in [0.15, 0.2) is 0 Å². The van der Waals surface area contributed by atoms with E-state index in [4.69, 9.17) is 0 Å². The van der Waals surface area contributed by atoms with Crippen LogP contribution in [0, 0.1) is 17.3 Å². The molecule has 2 amide bonds. The van der Waals surface area contributed by atoms with Crippen LogP contribution in [0.15, 0.2) is 42.0 Å². The van der Waals surface area contributed by atoms with Crippen molar-refractivity contribution in [1.29, 1.82) is 0 Å². The molecule has 0 radical (unpaired) electrons. The van der Waals surface area contributed by atoms with E-state index < -0.39 is 0 Å². The van der Waals surface area contributed by atoms with Crippen LogP contribution >= 0.6 is 0 Å². The van der Waals surface area contributed by atoms with Crippen molar-refractivity contribution in [2.75, 3.05) is 13.1 Å². The molecule has 4 nitrogen and oxygen atoms in total. The lowest BCUT2D eigenvalue weighted by Gasteiger charge is -2.33. The SMILES string of the molecule is CC(C)=C[C@H]1[C@@H](C(=O)N2CCC(NC(=O)c3ccccc3)CC2)C1(C)C. The summed E-state index contributed by atoms with van der Waals surface area (Å²) in [6.07, 6.45) is 3.89. The normalized spacial score (nSPS) is 24.7. The van der Waals surface area contributed by atoms with Crippen LogP contribution in [0.5, 0.6) is 0 Å². The summed E-state index contributed by atoms with van der Waals surface area (Å²) in [5.74, 6) is 0.719. The molecule has 1 aromatic carbocycles. The van der Waals surface area contributed by atoms with Gasteiger partial charge in [0, 0.05) is 24.7 Å². The third-order valence-electron chi connectivity index (χ3n) is 5.87. The van der Waals surface area contributed by atoms with Gasteiger partial charge < -0.3 is 10.2 Å². The average molecular weight is 354 g/mol. The molecule has 0 aromatic heterocycles. The highest BCUT2D eigenvalue weighted by Crippen LogP contribution is 2.60. The molecule has 140 valence electrons. The summed E-state index contributed by atoms with van der Waals surface area (Å²) >= 11 is 0. The Balaban J connectivity index is 1.52. The molecule has 1 N–H and O–H groups in total. The standard InChI is InChI=1S/C22H30N2O2/c1-15(2)14-18-19(22(18,3)4)21(26)24-12-10-17(11-13-24)23-20(25)16-8-6-5-7-9-16/h5-9,14,17-19H,10-13H2,1-4H3,(H,23,25)/t18-,19-/m0/s1. The molecule has 0 bridgehead atoms. The molecular formula is C22H30N2O2. The molecule has 26 heavy (non-hydrogen) atoms. The first-order valence-corrected chi connectivity index (χ1v) is 9.60. The summed E-state index contributed by atoms with van der Waals surface area (Å²) in [6.45, 7) is 10.0. The third-order valence-corrected chi connectivity index (χ3v) is 5.87. The molecule has 0 spiro atoms. The number of nitrogens with one attached hydrogen (secondary N) is 1. The quantitative estimate of drug-likeness (QED) is 0.839. The lowest BCUT2D eigenvalue weighted by molar-refractivity contribution is -0.134. The number of hydrogen-bond donors (Lipinski definition) is 1. The number of allylic oxidation sites excluding steroid dienone is 2. The maximum absolute atomic E-state index is 12.9. The molecule has 1 heterocycles. The van der Waals surface area contributed by atoms with Gasteiger partial charge in [-0.05, 0) is 50.2 Å². The molecule has 1 aliphatic carbocycles. The lowest BCUT2D eigenvalue weighted by atomic mass is 10.0. The fourth-order valence-corrected chi connectivity index (χ4v) is 4.12. The zero-order valence-corrected chi connectivity index (χ0v) is 16.3. The molecule has 4 heteroatoms. The van der Waals surface area contributed by atoms with E-state index in [2.05, 4.69) is 39.1 Å². The summed E-state index contributed by atoms with van der Waals surface area (Å²) in [5.41, 5.74) is 2.03. The summed E-state index contributed by atoms with van der Waals surface area (Å²) in [5, 5.41) is 3.10. The van der Waals surface area contributed by atoms with Crippen LogP contribution < -0.4 is 5.32 Å². The van der Waals surface area contributed by atoms with Crippen molar-refractivity contribution in [3.05, 3.63) is 47.5 Å². The number of piperidine rings is 1. The zero-order valence-electron chi connectivity index (χ0n) is 16.3. The molecule has 2 aliphatic rings. The number of carbonyl (C=O) groups is 2. The van der Waals surface area contributed by atoms with E-state index in [0.29, 0.717) is 11.5 Å². The van der Waals surface area contributed by atoms with Gasteiger partial charge in [-0.3, -0.25) is 9.59 Å². The maximum atomic E-state index is 12.9. The molecule has 3 rings (SSSR count). The van der Waals surface area contributed by atoms with Crippen molar-refractivity contribution in [1.82, 2.24) is 10.2 Å². The molecule has 1 aromatic rings. The zero-order chi connectivity index (χ0) is 18.9. The van der Waals surface area contributed by atoms with Crippen molar-refractivity contribution in [2.45, 2.75) is 46.6 Å². The number of carbonyl (C=O) groups excluding carboxylic acids is 2. The lowest BCUT2D eigenvalue weighted by Crippen LogP contribution is -2.47.